The number of halogens is 1. The summed E-state index contributed by atoms with van der Waals surface area (Å²) in [5.41, 5.74) is 4.07. The molecule has 0 saturated carbocycles. The lowest BCUT2D eigenvalue weighted by Crippen LogP contribution is -1.92. The summed E-state index contributed by atoms with van der Waals surface area (Å²) >= 11 is 0. The quantitative estimate of drug-likeness (QED) is 0.600. The van der Waals surface area contributed by atoms with Crippen molar-refractivity contribution in [2.45, 2.75) is 12.8 Å². The number of rotatable bonds is 4. The normalized spacial score (nSPS) is 11.0. The summed E-state index contributed by atoms with van der Waals surface area (Å²) in [6.07, 6.45) is 3.40. The van der Waals surface area contributed by atoms with Crippen molar-refractivity contribution in [3.05, 3.63) is 84.1 Å². The zero-order valence-electron chi connectivity index (χ0n) is 13.0. The van der Waals surface area contributed by atoms with Crippen LogP contribution in [0.2, 0.25) is 0 Å². The summed E-state index contributed by atoms with van der Waals surface area (Å²) in [4.78, 5) is 12.2. The van der Waals surface area contributed by atoms with Crippen molar-refractivity contribution in [2.75, 3.05) is 0 Å². The fourth-order valence-electron chi connectivity index (χ4n) is 2.82. The summed E-state index contributed by atoms with van der Waals surface area (Å²) in [6.45, 7) is 0. The van der Waals surface area contributed by atoms with E-state index in [1.165, 1.54) is 11.6 Å². The Bertz CT molecular complexity index is 977. The second-order valence-electron chi connectivity index (χ2n) is 5.74. The molecule has 0 unspecified atom stereocenters. The number of fused-ring (bicyclic) bond motifs is 1. The van der Waals surface area contributed by atoms with E-state index >= 15 is 0 Å². The first kappa shape index (κ1) is 14.6. The molecular weight excluding hydrogens is 301 g/mol. The van der Waals surface area contributed by atoms with Gasteiger partial charge >= 0.3 is 0 Å². The van der Waals surface area contributed by atoms with Crippen LogP contribution in [0, 0.1) is 5.82 Å². The molecule has 0 aliphatic carbocycles. The van der Waals surface area contributed by atoms with Crippen LogP contribution in [0.5, 0.6) is 0 Å². The Morgan fingerprint density at radius 1 is 0.917 bits per heavy atom. The van der Waals surface area contributed by atoms with Gasteiger partial charge in [0, 0.05) is 23.7 Å². The van der Waals surface area contributed by atoms with E-state index in [1.54, 1.807) is 18.3 Å². The lowest BCUT2D eigenvalue weighted by molar-refractivity contribution is 0.631. The van der Waals surface area contributed by atoms with Gasteiger partial charge in [-0.1, -0.05) is 48.5 Å². The molecule has 4 heteroatoms. The van der Waals surface area contributed by atoms with Crippen LogP contribution in [0.25, 0.3) is 22.3 Å². The Morgan fingerprint density at radius 3 is 2.54 bits per heavy atom. The number of imidazole rings is 1. The van der Waals surface area contributed by atoms with Gasteiger partial charge in [0.05, 0.1) is 5.52 Å². The summed E-state index contributed by atoms with van der Waals surface area (Å²) in [6, 6.07) is 18.9. The van der Waals surface area contributed by atoms with E-state index < -0.39 is 0 Å². The van der Waals surface area contributed by atoms with Gasteiger partial charge in [-0.25, -0.2) is 14.4 Å². The topological polar surface area (TPSA) is 41.6 Å². The van der Waals surface area contributed by atoms with Crippen molar-refractivity contribution in [1.29, 1.82) is 0 Å². The molecule has 0 aliphatic rings. The Kier molecular flexibility index (Phi) is 3.79. The van der Waals surface area contributed by atoms with Crippen LogP contribution in [0.4, 0.5) is 4.39 Å². The first-order valence-corrected chi connectivity index (χ1v) is 7.93. The van der Waals surface area contributed by atoms with E-state index in [-0.39, 0.29) is 5.82 Å². The molecule has 0 fully saturated rings. The molecule has 0 aliphatic heterocycles. The Balaban J connectivity index is 1.61. The average Bonchev–Trinajstić information content (AvgIpc) is 3.03. The fourth-order valence-corrected chi connectivity index (χ4v) is 2.82. The molecule has 0 saturated heterocycles. The minimum absolute atomic E-state index is 0.248. The van der Waals surface area contributed by atoms with Gasteiger partial charge in [0.2, 0.25) is 0 Å². The van der Waals surface area contributed by atoms with Gasteiger partial charge in [-0.05, 0) is 24.1 Å². The minimum atomic E-state index is -0.248. The maximum atomic E-state index is 13.9. The van der Waals surface area contributed by atoms with E-state index in [0.29, 0.717) is 11.2 Å². The summed E-state index contributed by atoms with van der Waals surface area (Å²) in [5.74, 6) is 0.648. The van der Waals surface area contributed by atoms with Crippen LogP contribution in [0.15, 0.2) is 66.9 Å². The molecule has 0 radical (unpaired) electrons. The highest BCUT2D eigenvalue weighted by atomic mass is 19.1. The van der Waals surface area contributed by atoms with Crippen LogP contribution in [-0.2, 0) is 12.8 Å². The van der Waals surface area contributed by atoms with E-state index in [1.807, 2.05) is 30.3 Å². The van der Waals surface area contributed by atoms with Crippen molar-refractivity contribution in [2.24, 2.45) is 0 Å². The number of nitrogens with one attached hydrogen (secondary N) is 1. The first-order chi connectivity index (χ1) is 11.8. The monoisotopic (exact) mass is 317 g/mol. The van der Waals surface area contributed by atoms with Crippen molar-refractivity contribution >= 4 is 11.2 Å². The number of H-pyrrole nitrogens is 1. The Labute approximate surface area is 139 Å². The molecule has 4 aromatic rings. The lowest BCUT2D eigenvalue weighted by Gasteiger charge is -2.02. The third-order valence-electron chi connectivity index (χ3n) is 4.06. The predicted molar refractivity (Wildman–Crippen MR) is 93.1 cm³/mol. The van der Waals surface area contributed by atoms with Crippen molar-refractivity contribution < 1.29 is 4.39 Å². The maximum absolute atomic E-state index is 13.9. The molecule has 4 rings (SSSR count). The second kappa shape index (κ2) is 6.24. The second-order valence-corrected chi connectivity index (χ2v) is 5.74. The maximum Gasteiger partial charge on any atom is 0.177 e. The van der Waals surface area contributed by atoms with Gasteiger partial charge in [0.15, 0.2) is 5.65 Å². The molecule has 2 aromatic carbocycles. The van der Waals surface area contributed by atoms with Gasteiger partial charge < -0.3 is 4.98 Å². The van der Waals surface area contributed by atoms with Crippen LogP contribution >= 0.6 is 0 Å². The van der Waals surface area contributed by atoms with E-state index in [4.69, 9.17) is 0 Å². The highest BCUT2D eigenvalue weighted by Crippen LogP contribution is 2.24. The molecule has 0 amide bonds. The third-order valence-corrected chi connectivity index (χ3v) is 4.06. The van der Waals surface area contributed by atoms with Crippen molar-refractivity contribution in [3.8, 4) is 11.1 Å². The minimum Gasteiger partial charge on any atom is -0.341 e. The summed E-state index contributed by atoms with van der Waals surface area (Å²) in [7, 11) is 0. The summed E-state index contributed by atoms with van der Waals surface area (Å²) in [5, 5.41) is 0. The molecule has 1 N–H and O–H groups in total. The molecule has 0 atom stereocenters. The molecule has 0 bridgehead atoms. The van der Waals surface area contributed by atoms with Gasteiger partial charge in [0.1, 0.15) is 11.6 Å². The van der Waals surface area contributed by atoms with Crippen LogP contribution in [-0.4, -0.2) is 15.0 Å². The lowest BCUT2D eigenvalue weighted by atomic mass is 10.1. The zero-order chi connectivity index (χ0) is 16.4. The van der Waals surface area contributed by atoms with Gasteiger partial charge in [-0.15, -0.1) is 0 Å². The fraction of sp³-hybridized carbons (Fsp3) is 0.100. The van der Waals surface area contributed by atoms with Gasteiger partial charge in [0.25, 0.3) is 0 Å². The molecule has 118 valence electrons. The molecular formula is C20H16FN3. The van der Waals surface area contributed by atoms with E-state index in [9.17, 15) is 4.39 Å². The molecule has 2 aromatic heterocycles. The smallest absolute Gasteiger partial charge is 0.177 e. The number of aromatic amines is 1. The number of nitrogens with zero attached hydrogens (tertiary/aromatic N) is 2. The van der Waals surface area contributed by atoms with E-state index in [2.05, 4.69) is 27.1 Å². The third kappa shape index (κ3) is 2.91. The molecule has 2 heterocycles. The average molecular weight is 317 g/mol. The Hall–Kier alpha value is -3.01. The number of aromatic nitrogens is 3. The number of aryl methyl sites for hydroxylation is 2. The highest BCUT2D eigenvalue weighted by Gasteiger charge is 2.09. The van der Waals surface area contributed by atoms with Gasteiger partial charge in [-0.3, -0.25) is 0 Å². The zero-order valence-corrected chi connectivity index (χ0v) is 13.0. The molecule has 24 heavy (non-hydrogen) atoms. The van der Waals surface area contributed by atoms with E-state index in [0.717, 1.165) is 29.7 Å². The number of benzene rings is 2. The largest absolute Gasteiger partial charge is 0.341 e. The Morgan fingerprint density at radius 2 is 1.71 bits per heavy atom. The molecule has 0 spiro atoms. The summed E-state index contributed by atoms with van der Waals surface area (Å²) < 4.78 is 13.9. The number of hydrogen-bond donors (Lipinski definition) is 1. The number of pyridine rings is 1. The van der Waals surface area contributed by atoms with Crippen LogP contribution < -0.4 is 0 Å². The number of hydrogen-bond acceptors (Lipinski definition) is 2. The molecule has 3 nitrogen and oxygen atoms in total. The van der Waals surface area contributed by atoms with Gasteiger partial charge in [-0.2, -0.15) is 0 Å². The standard InChI is InChI=1S/C20H16FN3/c21-17-9-5-4-8-16(17)15-12-18-20(22-13-15)24-19(23-18)11-10-14-6-2-1-3-7-14/h1-9,12-13H,10-11H2,(H,22,23,24). The first-order valence-electron chi connectivity index (χ1n) is 7.93. The van der Waals surface area contributed by atoms with Crippen LogP contribution in [0.3, 0.4) is 0 Å². The SMILES string of the molecule is Fc1ccccc1-c1cnc2nc(CCc3ccccc3)[nH]c2c1. The predicted octanol–water partition coefficient (Wildman–Crippen LogP) is 4.55. The van der Waals surface area contributed by atoms with Crippen molar-refractivity contribution in [3.63, 3.8) is 0 Å². The van der Waals surface area contributed by atoms with Crippen molar-refractivity contribution in [1.82, 2.24) is 15.0 Å². The highest BCUT2D eigenvalue weighted by molar-refractivity contribution is 5.78. The van der Waals surface area contributed by atoms with Crippen LogP contribution in [0.1, 0.15) is 11.4 Å².